The van der Waals surface area contributed by atoms with E-state index in [0.29, 0.717) is 6.67 Å². The van der Waals surface area contributed by atoms with Gasteiger partial charge in [-0.1, -0.05) is 0 Å². The molecule has 0 aromatic carbocycles. The lowest BCUT2D eigenvalue weighted by atomic mass is 9.88. The van der Waals surface area contributed by atoms with E-state index >= 15 is 0 Å². The number of nitrogens with zero attached hydrogens (tertiary/aromatic N) is 3. The number of hydrogen-bond donors (Lipinski definition) is 0. The van der Waals surface area contributed by atoms with Crippen molar-refractivity contribution in [2.45, 2.75) is 12.3 Å². The molecule has 15 heavy (non-hydrogen) atoms. The molecular formula is C11H13N3O. The highest BCUT2D eigenvalue weighted by atomic mass is 16.5. The minimum atomic E-state index is -0.356. The number of ether oxygens (including phenoxy) is 1. The minimum absolute atomic E-state index is 0.356. The van der Waals surface area contributed by atoms with Gasteiger partial charge in [0.25, 0.3) is 0 Å². The minimum Gasteiger partial charge on any atom is -0.495 e. The van der Waals surface area contributed by atoms with E-state index in [9.17, 15) is 0 Å². The van der Waals surface area contributed by atoms with Crippen molar-refractivity contribution in [2.75, 3.05) is 13.8 Å². The van der Waals surface area contributed by atoms with Crippen LogP contribution in [0.1, 0.15) is 12.6 Å². The van der Waals surface area contributed by atoms with Crippen molar-refractivity contribution in [1.29, 1.82) is 0 Å². The largest absolute Gasteiger partial charge is 0.495 e. The summed E-state index contributed by atoms with van der Waals surface area (Å²) in [5.74, 6) is 0.764. The van der Waals surface area contributed by atoms with Crippen molar-refractivity contribution < 1.29 is 4.74 Å². The first-order chi connectivity index (χ1) is 7.26. The van der Waals surface area contributed by atoms with Crippen LogP contribution < -0.4 is 4.74 Å². The van der Waals surface area contributed by atoms with Gasteiger partial charge in [0.1, 0.15) is 12.4 Å². The molecule has 1 aliphatic rings. The summed E-state index contributed by atoms with van der Waals surface area (Å²) in [6.45, 7) is 2.52. The van der Waals surface area contributed by atoms with Crippen LogP contribution in [-0.2, 0) is 5.41 Å². The number of aromatic nitrogens is 1. The van der Waals surface area contributed by atoms with Crippen LogP contribution in [0.2, 0.25) is 0 Å². The highest BCUT2D eigenvalue weighted by Crippen LogP contribution is 2.27. The summed E-state index contributed by atoms with van der Waals surface area (Å²) >= 11 is 0. The Bertz CT molecular complexity index is 400. The molecule has 2 rings (SSSR count). The van der Waals surface area contributed by atoms with Gasteiger partial charge in [-0.05, 0) is 19.1 Å². The molecule has 4 heteroatoms. The lowest BCUT2D eigenvalue weighted by molar-refractivity contribution is 0.404. The molecule has 0 bridgehead atoms. The van der Waals surface area contributed by atoms with E-state index in [1.807, 2.05) is 31.5 Å². The number of aliphatic imine (C=N–C) groups is 2. The Morgan fingerprint density at radius 1 is 1.33 bits per heavy atom. The number of rotatable bonds is 2. The molecular weight excluding hydrogens is 190 g/mol. The third kappa shape index (κ3) is 1.75. The van der Waals surface area contributed by atoms with Gasteiger partial charge in [-0.15, -0.1) is 0 Å². The maximum atomic E-state index is 5.28. The van der Waals surface area contributed by atoms with Crippen molar-refractivity contribution in [2.24, 2.45) is 9.98 Å². The maximum Gasteiger partial charge on any atom is 0.141 e. The van der Waals surface area contributed by atoms with E-state index < -0.39 is 0 Å². The molecule has 0 N–H and O–H groups in total. The molecule has 4 nitrogen and oxygen atoms in total. The molecule has 1 aromatic heterocycles. The van der Waals surface area contributed by atoms with Crippen molar-refractivity contribution in [3.8, 4) is 5.75 Å². The molecule has 0 aliphatic carbocycles. The topological polar surface area (TPSA) is 46.8 Å². The van der Waals surface area contributed by atoms with Crippen LogP contribution in [-0.4, -0.2) is 31.2 Å². The quantitative estimate of drug-likeness (QED) is 0.730. The predicted molar refractivity (Wildman–Crippen MR) is 60.0 cm³/mol. The zero-order valence-electron chi connectivity index (χ0n) is 8.84. The van der Waals surface area contributed by atoms with E-state index in [1.165, 1.54) is 0 Å². The number of hydrogen-bond acceptors (Lipinski definition) is 4. The van der Waals surface area contributed by atoms with E-state index in [2.05, 4.69) is 15.0 Å². The third-order valence-electron chi connectivity index (χ3n) is 2.38. The zero-order chi connectivity index (χ0) is 10.7. The van der Waals surface area contributed by atoms with Crippen LogP contribution in [0.5, 0.6) is 5.75 Å². The van der Waals surface area contributed by atoms with Crippen LogP contribution in [0, 0.1) is 0 Å². The fourth-order valence-electron chi connectivity index (χ4n) is 1.62. The lowest BCUT2D eigenvalue weighted by Crippen LogP contribution is -2.30. The van der Waals surface area contributed by atoms with Gasteiger partial charge < -0.3 is 4.74 Å². The molecule has 0 radical (unpaired) electrons. The van der Waals surface area contributed by atoms with Gasteiger partial charge in [-0.25, -0.2) is 0 Å². The molecule has 0 amide bonds. The summed E-state index contributed by atoms with van der Waals surface area (Å²) in [7, 11) is 1.64. The lowest BCUT2D eigenvalue weighted by Gasteiger charge is -2.23. The summed E-state index contributed by atoms with van der Waals surface area (Å²) in [6, 6.07) is 3.74. The van der Waals surface area contributed by atoms with Crippen LogP contribution in [0.3, 0.4) is 0 Å². The van der Waals surface area contributed by atoms with Gasteiger partial charge in [0.05, 0.1) is 18.2 Å². The second-order valence-corrected chi connectivity index (χ2v) is 3.60. The summed E-state index contributed by atoms with van der Waals surface area (Å²) < 4.78 is 5.28. The van der Waals surface area contributed by atoms with Crippen molar-refractivity contribution in [1.82, 2.24) is 4.98 Å². The Labute approximate surface area is 88.7 Å². The first-order valence-corrected chi connectivity index (χ1v) is 4.78. The fraction of sp³-hybridized carbons (Fsp3) is 0.364. The van der Waals surface area contributed by atoms with E-state index in [0.717, 1.165) is 11.4 Å². The molecule has 78 valence electrons. The Hall–Kier alpha value is -1.71. The van der Waals surface area contributed by atoms with Crippen LogP contribution in [0.25, 0.3) is 0 Å². The van der Waals surface area contributed by atoms with E-state index in [-0.39, 0.29) is 5.41 Å². The standard InChI is InChI=1S/C11H13N3O/c1-11(6-12-8-13-7-11)10-9(15-2)4-3-5-14-10/h3-7H,8H2,1-2H3. The zero-order valence-corrected chi connectivity index (χ0v) is 8.84. The monoisotopic (exact) mass is 203 g/mol. The average Bonchev–Trinajstić information content (AvgIpc) is 2.30. The Kier molecular flexibility index (Phi) is 2.49. The summed E-state index contributed by atoms with van der Waals surface area (Å²) in [5.41, 5.74) is 0.491. The highest BCUT2D eigenvalue weighted by molar-refractivity contribution is 5.97. The molecule has 0 saturated carbocycles. The normalized spacial score (nSPS) is 17.7. The SMILES string of the molecule is COc1cccnc1C1(C)C=NCN=C1. The Morgan fingerprint density at radius 2 is 2.07 bits per heavy atom. The predicted octanol–water partition coefficient (Wildman–Crippen LogP) is 1.46. The van der Waals surface area contributed by atoms with Gasteiger partial charge in [-0.2, -0.15) is 0 Å². The van der Waals surface area contributed by atoms with Gasteiger partial charge in [0.2, 0.25) is 0 Å². The third-order valence-corrected chi connectivity index (χ3v) is 2.38. The van der Waals surface area contributed by atoms with Gasteiger partial charge in [0, 0.05) is 18.6 Å². The molecule has 1 aliphatic heterocycles. The summed E-state index contributed by atoms with van der Waals surface area (Å²) in [6.07, 6.45) is 5.48. The molecule has 2 heterocycles. The Balaban J connectivity index is 2.48. The first-order valence-electron chi connectivity index (χ1n) is 4.78. The smallest absolute Gasteiger partial charge is 0.141 e. The molecule has 0 spiro atoms. The fourth-order valence-corrected chi connectivity index (χ4v) is 1.62. The van der Waals surface area contributed by atoms with Gasteiger partial charge in [0.15, 0.2) is 0 Å². The van der Waals surface area contributed by atoms with Crippen molar-refractivity contribution in [3.05, 3.63) is 24.0 Å². The molecule has 0 unspecified atom stereocenters. The maximum absolute atomic E-state index is 5.28. The molecule has 1 aromatic rings. The van der Waals surface area contributed by atoms with Crippen molar-refractivity contribution in [3.63, 3.8) is 0 Å². The second kappa shape index (κ2) is 3.81. The summed E-state index contributed by atoms with van der Waals surface area (Å²) in [5, 5.41) is 0. The van der Waals surface area contributed by atoms with Crippen molar-refractivity contribution >= 4 is 12.4 Å². The highest BCUT2D eigenvalue weighted by Gasteiger charge is 2.28. The average molecular weight is 203 g/mol. The Morgan fingerprint density at radius 3 is 2.73 bits per heavy atom. The second-order valence-electron chi connectivity index (χ2n) is 3.60. The first kappa shape index (κ1) is 9.83. The molecule has 0 atom stereocenters. The van der Waals surface area contributed by atoms with E-state index in [1.54, 1.807) is 13.3 Å². The van der Waals surface area contributed by atoms with Crippen LogP contribution in [0.15, 0.2) is 28.3 Å². The van der Waals surface area contributed by atoms with Crippen LogP contribution in [0.4, 0.5) is 0 Å². The molecule has 0 fully saturated rings. The van der Waals surface area contributed by atoms with Crippen LogP contribution >= 0.6 is 0 Å². The number of pyridine rings is 1. The van der Waals surface area contributed by atoms with Gasteiger partial charge >= 0.3 is 0 Å². The van der Waals surface area contributed by atoms with E-state index in [4.69, 9.17) is 4.74 Å². The summed E-state index contributed by atoms with van der Waals surface area (Å²) in [4.78, 5) is 12.7. The van der Waals surface area contributed by atoms with Gasteiger partial charge in [-0.3, -0.25) is 15.0 Å². The molecule has 0 saturated heterocycles. The number of methoxy groups -OCH3 is 1.